The van der Waals surface area contributed by atoms with Crippen LogP contribution >= 0.6 is 0 Å². The fraction of sp³-hybridized carbons (Fsp3) is 0.385. The number of carbonyl (C=O) groups excluding carboxylic acids is 2. The summed E-state index contributed by atoms with van der Waals surface area (Å²) in [5.74, 6) is 2.18. The third kappa shape index (κ3) is 5.42. The Morgan fingerprint density at radius 2 is 1.78 bits per heavy atom. The highest BCUT2D eigenvalue weighted by molar-refractivity contribution is 6.00. The number of aryl methyl sites for hydroxylation is 1. The first-order valence-electron chi connectivity index (χ1n) is 11.1. The Hall–Kier alpha value is -3.46. The highest BCUT2D eigenvalue weighted by Gasteiger charge is 2.43. The van der Waals surface area contributed by atoms with E-state index in [2.05, 4.69) is 41.4 Å². The van der Waals surface area contributed by atoms with Gasteiger partial charge in [-0.1, -0.05) is 24.3 Å². The van der Waals surface area contributed by atoms with Gasteiger partial charge in [0.15, 0.2) is 0 Å². The van der Waals surface area contributed by atoms with Crippen LogP contribution in [0, 0.1) is 12.3 Å². The number of hydrogen-bond acceptors (Lipinski definition) is 4. The van der Waals surface area contributed by atoms with Crippen molar-refractivity contribution in [2.75, 3.05) is 29.9 Å². The van der Waals surface area contributed by atoms with Crippen LogP contribution in [0.15, 0.2) is 48.5 Å². The summed E-state index contributed by atoms with van der Waals surface area (Å²) in [6.45, 7) is 6.16. The van der Waals surface area contributed by atoms with Crippen LogP contribution in [0.5, 0.6) is 0 Å². The molecule has 0 aromatic heterocycles. The third-order valence-corrected chi connectivity index (χ3v) is 5.94. The zero-order valence-electron chi connectivity index (χ0n) is 18.8. The fourth-order valence-corrected chi connectivity index (χ4v) is 4.12. The minimum absolute atomic E-state index is 0.115. The second-order valence-electron chi connectivity index (χ2n) is 7.92. The summed E-state index contributed by atoms with van der Waals surface area (Å²) in [7, 11) is 0. The fourth-order valence-electron chi connectivity index (χ4n) is 4.12. The number of alkyl carbamates (subject to hydrolysis) is 1. The first kappa shape index (κ1) is 23.2. The van der Waals surface area contributed by atoms with Gasteiger partial charge < -0.3 is 20.3 Å². The van der Waals surface area contributed by atoms with Crippen molar-refractivity contribution in [1.82, 2.24) is 5.32 Å². The lowest BCUT2D eigenvalue weighted by Gasteiger charge is -2.37. The minimum Gasteiger partial charge on any atom is -0.449 e. The van der Waals surface area contributed by atoms with Crippen LogP contribution in [-0.4, -0.2) is 37.2 Å². The maximum absolute atomic E-state index is 13.5. The molecule has 0 bridgehead atoms. The molecule has 0 aliphatic heterocycles. The molecule has 6 nitrogen and oxygen atoms in total. The monoisotopic (exact) mass is 433 g/mol. The van der Waals surface area contributed by atoms with Crippen molar-refractivity contribution in [1.29, 1.82) is 0 Å². The average Bonchev–Trinajstić information content (AvgIpc) is 2.81. The summed E-state index contributed by atoms with van der Waals surface area (Å²) in [6, 6.07) is 15.8. The van der Waals surface area contributed by atoms with Crippen molar-refractivity contribution in [3.05, 3.63) is 59.7 Å². The van der Waals surface area contributed by atoms with Gasteiger partial charge in [0.25, 0.3) is 5.91 Å². The maximum Gasteiger partial charge on any atom is 0.408 e. The van der Waals surface area contributed by atoms with E-state index in [0.29, 0.717) is 31.4 Å². The number of carbonyl (C=O) groups is 2. The number of rotatable bonds is 8. The number of hydrogen-bond donors (Lipinski definition) is 2. The van der Waals surface area contributed by atoms with Gasteiger partial charge in [0.1, 0.15) is 12.1 Å². The summed E-state index contributed by atoms with van der Waals surface area (Å²) in [4.78, 5) is 28.2. The van der Waals surface area contributed by atoms with Crippen molar-refractivity contribution < 1.29 is 14.3 Å². The molecule has 2 aromatic rings. The van der Waals surface area contributed by atoms with Crippen molar-refractivity contribution in [2.24, 2.45) is 0 Å². The normalized spacial score (nSPS) is 16.9. The van der Waals surface area contributed by atoms with Crippen LogP contribution in [0.25, 0.3) is 0 Å². The van der Waals surface area contributed by atoms with Crippen molar-refractivity contribution in [3.63, 3.8) is 0 Å². The minimum atomic E-state index is -1.10. The van der Waals surface area contributed by atoms with Gasteiger partial charge in [-0.3, -0.25) is 4.79 Å². The highest BCUT2D eigenvalue weighted by atomic mass is 16.5. The van der Waals surface area contributed by atoms with Crippen molar-refractivity contribution in [2.45, 2.75) is 45.1 Å². The number of anilines is 2. The van der Waals surface area contributed by atoms with E-state index in [4.69, 9.17) is 11.2 Å². The van der Waals surface area contributed by atoms with Crippen LogP contribution in [0.1, 0.15) is 37.8 Å². The summed E-state index contributed by atoms with van der Waals surface area (Å²) in [6.07, 6.45) is 6.50. The van der Waals surface area contributed by atoms with Gasteiger partial charge in [0, 0.05) is 37.3 Å². The second kappa shape index (κ2) is 10.7. The van der Waals surface area contributed by atoms with E-state index in [9.17, 15) is 9.59 Å². The smallest absolute Gasteiger partial charge is 0.408 e. The summed E-state index contributed by atoms with van der Waals surface area (Å²) in [5, 5.41) is 5.85. The molecule has 2 N–H and O–H groups in total. The van der Waals surface area contributed by atoms with Crippen molar-refractivity contribution >= 4 is 23.4 Å². The topological polar surface area (TPSA) is 70.7 Å². The SMILES string of the molecule is C#CCCOC(=O)NC1(C(=O)Nc2ccc(N(CC)CC)cc2)CCc2ccccc2C1. The van der Waals surface area contributed by atoms with E-state index in [1.807, 2.05) is 42.5 Å². The molecule has 0 fully saturated rings. The molecule has 2 amide bonds. The molecule has 32 heavy (non-hydrogen) atoms. The standard InChI is InChI=1S/C26H31N3O3/c1-4-7-18-32-25(31)28-26(17-16-20-10-8-9-11-21(20)19-26)24(30)27-22-12-14-23(15-13-22)29(5-2)6-3/h1,8-15H,5-7,16-19H2,2-3H3,(H,27,30)(H,28,31). The van der Waals surface area contributed by atoms with Gasteiger partial charge in [-0.2, -0.15) is 0 Å². The first-order chi connectivity index (χ1) is 15.5. The number of amides is 2. The molecule has 0 spiro atoms. The van der Waals surface area contributed by atoms with E-state index in [-0.39, 0.29) is 12.5 Å². The Labute approximate surface area is 190 Å². The van der Waals surface area contributed by atoms with Crippen LogP contribution in [0.3, 0.4) is 0 Å². The Morgan fingerprint density at radius 3 is 2.44 bits per heavy atom. The molecule has 0 saturated heterocycles. The van der Waals surface area contributed by atoms with Crippen LogP contribution in [0.4, 0.5) is 16.2 Å². The molecular formula is C26H31N3O3. The number of fused-ring (bicyclic) bond motifs is 1. The molecule has 0 saturated carbocycles. The van der Waals surface area contributed by atoms with E-state index in [1.165, 1.54) is 5.56 Å². The van der Waals surface area contributed by atoms with Crippen LogP contribution < -0.4 is 15.5 Å². The molecular weight excluding hydrogens is 402 g/mol. The van der Waals surface area contributed by atoms with Gasteiger partial charge in [0.05, 0.1) is 0 Å². The molecule has 0 radical (unpaired) electrons. The summed E-state index contributed by atoms with van der Waals surface area (Å²) >= 11 is 0. The zero-order valence-corrected chi connectivity index (χ0v) is 18.8. The van der Waals surface area contributed by atoms with E-state index in [0.717, 1.165) is 24.3 Å². The Balaban J connectivity index is 1.79. The Morgan fingerprint density at radius 1 is 1.09 bits per heavy atom. The Kier molecular flexibility index (Phi) is 7.77. The molecule has 0 heterocycles. The van der Waals surface area contributed by atoms with Gasteiger partial charge >= 0.3 is 6.09 Å². The number of terminal acetylenes is 1. The molecule has 168 valence electrons. The molecule has 3 rings (SSSR count). The van der Waals surface area contributed by atoms with E-state index < -0.39 is 11.6 Å². The molecule has 2 aromatic carbocycles. The summed E-state index contributed by atoms with van der Waals surface area (Å²) in [5.41, 5.74) is 2.94. The summed E-state index contributed by atoms with van der Waals surface area (Å²) < 4.78 is 5.19. The lowest BCUT2D eigenvalue weighted by atomic mass is 9.77. The number of nitrogens with zero attached hydrogens (tertiary/aromatic N) is 1. The molecule has 6 heteroatoms. The maximum atomic E-state index is 13.5. The molecule has 1 unspecified atom stereocenters. The van der Waals surface area contributed by atoms with Gasteiger partial charge in [-0.15, -0.1) is 12.3 Å². The molecule has 1 aliphatic carbocycles. The van der Waals surface area contributed by atoms with Gasteiger partial charge in [0.2, 0.25) is 0 Å². The van der Waals surface area contributed by atoms with E-state index in [1.54, 1.807) is 0 Å². The average molecular weight is 434 g/mol. The lowest BCUT2D eigenvalue weighted by molar-refractivity contribution is -0.122. The highest BCUT2D eigenvalue weighted by Crippen LogP contribution is 2.30. The van der Waals surface area contributed by atoms with Gasteiger partial charge in [-0.25, -0.2) is 4.79 Å². The number of nitrogens with one attached hydrogen (secondary N) is 2. The largest absolute Gasteiger partial charge is 0.449 e. The molecule has 1 aliphatic rings. The van der Waals surface area contributed by atoms with Crippen LogP contribution in [0.2, 0.25) is 0 Å². The van der Waals surface area contributed by atoms with Crippen LogP contribution in [-0.2, 0) is 22.4 Å². The quantitative estimate of drug-likeness (QED) is 0.485. The van der Waals surface area contributed by atoms with Crippen molar-refractivity contribution in [3.8, 4) is 12.3 Å². The number of ether oxygens (including phenoxy) is 1. The second-order valence-corrected chi connectivity index (χ2v) is 7.92. The first-order valence-corrected chi connectivity index (χ1v) is 11.1. The molecule has 1 atom stereocenters. The Bertz CT molecular complexity index is 977. The third-order valence-electron chi connectivity index (χ3n) is 5.94. The predicted molar refractivity (Wildman–Crippen MR) is 128 cm³/mol. The van der Waals surface area contributed by atoms with Gasteiger partial charge in [-0.05, 0) is 62.1 Å². The zero-order chi connectivity index (χ0) is 23.0. The predicted octanol–water partition coefficient (Wildman–Crippen LogP) is 4.15. The van der Waals surface area contributed by atoms with E-state index >= 15 is 0 Å². The number of benzene rings is 2. The lowest BCUT2D eigenvalue weighted by Crippen LogP contribution is -2.60.